The summed E-state index contributed by atoms with van der Waals surface area (Å²) in [5.74, 6) is 2.08. The van der Waals surface area contributed by atoms with Crippen LogP contribution in [0.5, 0.6) is 0 Å². The summed E-state index contributed by atoms with van der Waals surface area (Å²) in [6.45, 7) is 8.61. The van der Waals surface area contributed by atoms with E-state index in [9.17, 15) is 0 Å². The third-order valence-corrected chi connectivity index (χ3v) is 4.05. The number of nitrogens with two attached hydrogens (primary N) is 1. The molecule has 0 unspecified atom stereocenters. The second kappa shape index (κ2) is 4.17. The van der Waals surface area contributed by atoms with Gasteiger partial charge < -0.3 is 10.6 Å². The van der Waals surface area contributed by atoms with Crippen LogP contribution in [0.25, 0.3) is 0 Å². The van der Waals surface area contributed by atoms with Gasteiger partial charge in [0.25, 0.3) is 0 Å². The molecule has 1 aromatic rings. The van der Waals surface area contributed by atoms with Gasteiger partial charge in [0.2, 0.25) is 0 Å². The van der Waals surface area contributed by atoms with Crippen molar-refractivity contribution in [1.29, 1.82) is 0 Å². The first kappa shape index (κ1) is 11.6. The fourth-order valence-corrected chi connectivity index (χ4v) is 3.16. The standard InChI is InChI=1S/C12H19N3S/c1-9-6-10(13)11(14-7-9)15-4-5-16-12(2,3)8-15/h6-7H,4-5,8,13H2,1-3H3. The number of rotatable bonds is 1. The van der Waals surface area contributed by atoms with E-state index in [1.54, 1.807) is 0 Å². The maximum atomic E-state index is 6.03. The number of hydrogen-bond donors (Lipinski definition) is 1. The second-order valence-electron chi connectivity index (χ2n) is 4.96. The van der Waals surface area contributed by atoms with Gasteiger partial charge in [-0.3, -0.25) is 0 Å². The Labute approximate surface area is 101 Å². The molecular weight excluding hydrogens is 218 g/mol. The summed E-state index contributed by atoms with van der Waals surface area (Å²) in [6, 6.07) is 2.00. The molecule has 3 nitrogen and oxygen atoms in total. The van der Waals surface area contributed by atoms with E-state index in [0.29, 0.717) is 0 Å². The second-order valence-corrected chi connectivity index (χ2v) is 6.76. The summed E-state index contributed by atoms with van der Waals surface area (Å²) >= 11 is 2.02. The lowest BCUT2D eigenvalue weighted by molar-refractivity contribution is 0.643. The zero-order valence-electron chi connectivity index (χ0n) is 10.2. The van der Waals surface area contributed by atoms with E-state index in [-0.39, 0.29) is 4.75 Å². The number of hydrogen-bond acceptors (Lipinski definition) is 4. The third-order valence-electron chi connectivity index (χ3n) is 2.76. The van der Waals surface area contributed by atoms with Gasteiger partial charge in [0.1, 0.15) is 0 Å². The number of nitrogens with zero attached hydrogens (tertiary/aromatic N) is 2. The molecule has 1 saturated heterocycles. The number of nitrogen functional groups attached to an aromatic ring is 1. The fraction of sp³-hybridized carbons (Fsp3) is 0.583. The Bertz CT molecular complexity index is 390. The van der Waals surface area contributed by atoms with E-state index < -0.39 is 0 Å². The number of aromatic nitrogens is 1. The molecule has 0 spiro atoms. The minimum Gasteiger partial charge on any atom is -0.396 e. The number of anilines is 2. The first-order valence-corrected chi connectivity index (χ1v) is 6.57. The van der Waals surface area contributed by atoms with Crippen molar-refractivity contribution in [2.24, 2.45) is 0 Å². The monoisotopic (exact) mass is 237 g/mol. The molecule has 0 amide bonds. The number of thioether (sulfide) groups is 1. The van der Waals surface area contributed by atoms with Crippen molar-refractivity contribution in [3.8, 4) is 0 Å². The third kappa shape index (κ3) is 2.43. The lowest BCUT2D eigenvalue weighted by atomic mass is 10.1. The summed E-state index contributed by atoms with van der Waals surface area (Å²) in [7, 11) is 0. The van der Waals surface area contributed by atoms with Crippen molar-refractivity contribution in [2.75, 3.05) is 29.5 Å². The van der Waals surface area contributed by atoms with Gasteiger partial charge in [-0.15, -0.1) is 0 Å². The predicted octanol–water partition coefficient (Wildman–Crippen LogP) is 2.30. The molecule has 0 bridgehead atoms. The highest BCUT2D eigenvalue weighted by Gasteiger charge is 2.28. The van der Waals surface area contributed by atoms with Crippen LogP contribution in [0.1, 0.15) is 19.4 Å². The van der Waals surface area contributed by atoms with Crippen molar-refractivity contribution in [2.45, 2.75) is 25.5 Å². The van der Waals surface area contributed by atoms with E-state index in [0.717, 1.165) is 35.9 Å². The Hall–Kier alpha value is -0.900. The Morgan fingerprint density at radius 3 is 2.88 bits per heavy atom. The van der Waals surface area contributed by atoms with E-state index in [1.807, 2.05) is 30.9 Å². The molecule has 88 valence electrons. The SMILES string of the molecule is Cc1cnc(N2CCSC(C)(C)C2)c(N)c1. The van der Waals surface area contributed by atoms with Gasteiger partial charge in [0, 0.05) is 29.8 Å². The number of aryl methyl sites for hydroxylation is 1. The minimum atomic E-state index is 0.289. The van der Waals surface area contributed by atoms with Crippen LogP contribution in [0.4, 0.5) is 11.5 Å². The largest absolute Gasteiger partial charge is 0.396 e. The van der Waals surface area contributed by atoms with Gasteiger partial charge in [-0.25, -0.2) is 4.98 Å². The van der Waals surface area contributed by atoms with Crippen LogP contribution < -0.4 is 10.6 Å². The fourth-order valence-electron chi connectivity index (χ4n) is 2.05. The summed E-state index contributed by atoms with van der Waals surface area (Å²) in [4.78, 5) is 6.76. The molecule has 2 rings (SSSR count). The van der Waals surface area contributed by atoms with Crippen LogP contribution in [0.15, 0.2) is 12.3 Å². The van der Waals surface area contributed by atoms with Gasteiger partial charge >= 0.3 is 0 Å². The predicted molar refractivity (Wildman–Crippen MR) is 72.1 cm³/mol. The van der Waals surface area contributed by atoms with Crippen LogP contribution in [0, 0.1) is 6.92 Å². The molecule has 1 fully saturated rings. The maximum absolute atomic E-state index is 6.03. The zero-order chi connectivity index (χ0) is 11.8. The van der Waals surface area contributed by atoms with Crippen LogP contribution in [-0.2, 0) is 0 Å². The summed E-state index contributed by atoms with van der Waals surface area (Å²) in [6.07, 6.45) is 1.89. The van der Waals surface area contributed by atoms with E-state index >= 15 is 0 Å². The summed E-state index contributed by atoms with van der Waals surface area (Å²) in [5, 5.41) is 0. The molecule has 16 heavy (non-hydrogen) atoms. The van der Waals surface area contributed by atoms with Crippen molar-refractivity contribution in [3.05, 3.63) is 17.8 Å². The summed E-state index contributed by atoms with van der Waals surface area (Å²) in [5.41, 5.74) is 7.94. The molecule has 0 aliphatic carbocycles. The summed E-state index contributed by atoms with van der Waals surface area (Å²) < 4.78 is 0.289. The lowest BCUT2D eigenvalue weighted by Gasteiger charge is -2.38. The Kier molecular flexibility index (Phi) is 3.02. The van der Waals surface area contributed by atoms with Crippen molar-refractivity contribution in [1.82, 2.24) is 4.98 Å². The van der Waals surface area contributed by atoms with Crippen LogP contribution in [0.3, 0.4) is 0 Å². The normalized spacial score (nSPS) is 19.8. The molecule has 1 aromatic heterocycles. The number of pyridine rings is 1. The molecule has 2 heterocycles. The molecule has 1 aliphatic rings. The molecule has 0 saturated carbocycles. The average Bonchev–Trinajstić information content (AvgIpc) is 2.15. The van der Waals surface area contributed by atoms with Crippen LogP contribution in [-0.4, -0.2) is 28.6 Å². The average molecular weight is 237 g/mol. The van der Waals surface area contributed by atoms with Crippen molar-refractivity contribution in [3.63, 3.8) is 0 Å². The Balaban J connectivity index is 2.23. The highest BCUT2D eigenvalue weighted by atomic mass is 32.2. The molecule has 0 radical (unpaired) electrons. The van der Waals surface area contributed by atoms with Crippen molar-refractivity contribution >= 4 is 23.3 Å². The zero-order valence-corrected chi connectivity index (χ0v) is 11.0. The molecule has 0 aromatic carbocycles. The van der Waals surface area contributed by atoms with Gasteiger partial charge in [-0.1, -0.05) is 0 Å². The van der Waals surface area contributed by atoms with E-state index in [1.165, 1.54) is 0 Å². The highest BCUT2D eigenvalue weighted by Crippen LogP contribution is 2.33. The minimum absolute atomic E-state index is 0.289. The van der Waals surface area contributed by atoms with Crippen LogP contribution >= 0.6 is 11.8 Å². The molecular formula is C12H19N3S. The Morgan fingerprint density at radius 2 is 2.25 bits per heavy atom. The first-order valence-electron chi connectivity index (χ1n) is 5.59. The first-order chi connectivity index (χ1) is 7.48. The van der Waals surface area contributed by atoms with Gasteiger partial charge in [0.15, 0.2) is 5.82 Å². The van der Waals surface area contributed by atoms with E-state index in [4.69, 9.17) is 5.73 Å². The smallest absolute Gasteiger partial charge is 0.151 e. The van der Waals surface area contributed by atoms with Gasteiger partial charge in [-0.05, 0) is 32.4 Å². The molecule has 2 N–H and O–H groups in total. The molecule has 4 heteroatoms. The van der Waals surface area contributed by atoms with E-state index in [2.05, 4.69) is 23.7 Å². The maximum Gasteiger partial charge on any atom is 0.151 e. The Morgan fingerprint density at radius 1 is 1.50 bits per heavy atom. The topological polar surface area (TPSA) is 42.2 Å². The van der Waals surface area contributed by atoms with Crippen LogP contribution in [0.2, 0.25) is 0 Å². The molecule has 0 atom stereocenters. The lowest BCUT2D eigenvalue weighted by Crippen LogP contribution is -2.43. The van der Waals surface area contributed by atoms with Gasteiger partial charge in [-0.2, -0.15) is 11.8 Å². The van der Waals surface area contributed by atoms with Gasteiger partial charge in [0.05, 0.1) is 5.69 Å². The quantitative estimate of drug-likeness (QED) is 0.814. The highest BCUT2D eigenvalue weighted by molar-refractivity contribution is 8.00. The van der Waals surface area contributed by atoms with Crippen molar-refractivity contribution < 1.29 is 0 Å². The molecule has 1 aliphatic heterocycles.